The Balaban J connectivity index is 1.59. The summed E-state index contributed by atoms with van der Waals surface area (Å²) >= 11 is 0. The van der Waals surface area contributed by atoms with Crippen molar-refractivity contribution in [1.82, 2.24) is 4.90 Å². The summed E-state index contributed by atoms with van der Waals surface area (Å²) in [5.41, 5.74) is 3.24. The Labute approximate surface area is 160 Å². The van der Waals surface area contributed by atoms with Crippen LogP contribution in [0.2, 0.25) is 0 Å². The van der Waals surface area contributed by atoms with Gasteiger partial charge in [-0.2, -0.15) is 5.26 Å². The van der Waals surface area contributed by atoms with Gasteiger partial charge in [-0.3, -0.25) is 0 Å². The molecule has 1 atom stereocenters. The summed E-state index contributed by atoms with van der Waals surface area (Å²) in [5, 5.41) is 9.19. The van der Waals surface area contributed by atoms with Gasteiger partial charge in [0.15, 0.2) is 0 Å². The van der Waals surface area contributed by atoms with E-state index in [1.54, 1.807) is 0 Å². The molecular weight excluding hydrogens is 339 g/mol. The Morgan fingerprint density at radius 1 is 1.22 bits per heavy atom. The quantitative estimate of drug-likeness (QED) is 0.721. The van der Waals surface area contributed by atoms with Crippen molar-refractivity contribution in [1.29, 1.82) is 5.26 Å². The first-order valence-corrected chi connectivity index (χ1v) is 9.73. The molecule has 1 unspecified atom stereocenters. The zero-order valence-electron chi connectivity index (χ0n) is 15.7. The van der Waals surface area contributed by atoms with Crippen molar-refractivity contribution in [2.24, 2.45) is 5.92 Å². The number of rotatable bonds is 7. The van der Waals surface area contributed by atoms with Gasteiger partial charge in [0.2, 0.25) is 0 Å². The monoisotopic (exact) mass is 364 g/mol. The molecule has 0 N–H and O–H groups in total. The number of fused-ring (bicyclic) bond motifs is 1. The van der Waals surface area contributed by atoms with E-state index in [4.69, 9.17) is 4.74 Å². The van der Waals surface area contributed by atoms with Crippen LogP contribution in [-0.2, 0) is 16.9 Å². The first kappa shape index (κ1) is 18.2. The fourth-order valence-corrected chi connectivity index (χ4v) is 4.19. The van der Waals surface area contributed by atoms with Crippen molar-refractivity contribution in [2.45, 2.75) is 37.9 Å². The third-order valence-electron chi connectivity index (χ3n) is 5.79. The van der Waals surface area contributed by atoms with Crippen molar-refractivity contribution < 1.29 is 9.13 Å². The van der Waals surface area contributed by atoms with E-state index in [2.05, 4.69) is 18.0 Å². The van der Waals surface area contributed by atoms with Gasteiger partial charge in [0, 0.05) is 6.54 Å². The molecule has 27 heavy (non-hydrogen) atoms. The number of hydrogen-bond donors (Lipinski definition) is 0. The van der Waals surface area contributed by atoms with Gasteiger partial charge in [0.1, 0.15) is 11.4 Å². The number of nitrogens with zero attached hydrogens (tertiary/aromatic N) is 2. The van der Waals surface area contributed by atoms with Crippen LogP contribution in [0.5, 0.6) is 0 Å². The smallest absolute Gasteiger partial charge is 0.123 e. The molecule has 2 aromatic rings. The number of halogens is 1. The van der Waals surface area contributed by atoms with Crippen LogP contribution in [0, 0.1) is 23.1 Å². The van der Waals surface area contributed by atoms with E-state index >= 15 is 0 Å². The fraction of sp³-hybridized carbons (Fsp3) is 0.435. The van der Waals surface area contributed by atoms with Gasteiger partial charge in [-0.05, 0) is 86.1 Å². The number of benzene rings is 2. The van der Waals surface area contributed by atoms with E-state index in [0.29, 0.717) is 12.2 Å². The molecule has 0 radical (unpaired) electrons. The van der Waals surface area contributed by atoms with E-state index in [9.17, 15) is 9.65 Å². The molecule has 1 aliphatic carbocycles. The molecular formula is C23H25FN2O. The van der Waals surface area contributed by atoms with Gasteiger partial charge >= 0.3 is 0 Å². The number of nitriles is 1. The lowest BCUT2D eigenvalue weighted by atomic mass is 9.81. The van der Waals surface area contributed by atoms with Gasteiger partial charge in [0.25, 0.3) is 0 Å². The lowest BCUT2D eigenvalue weighted by Gasteiger charge is -2.31. The Kier molecular flexibility index (Phi) is 4.99. The fourth-order valence-electron chi connectivity index (χ4n) is 4.19. The van der Waals surface area contributed by atoms with Crippen LogP contribution in [0.3, 0.4) is 0 Å². The van der Waals surface area contributed by atoms with Gasteiger partial charge in [0.05, 0.1) is 18.2 Å². The maximum absolute atomic E-state index is 13.5. The van der Waals surface area contributed by atoms with E-state index in [1.807, 2.05) is 30.3 Å². The predicted octanol–water partition coefficient (Wildman–Crippen LogP) is 4.59. The summed E-state index contributed by atoms with van der Waals surface area (Å²) in [5.74, 6) is 0.644. The van der Waals surface area contributed by atoms with Crippen molar-refractivity contribution in [3.8, 4) is 6.07 Å². The zero-order chi connectivity index (χ0) is 18.9. The Bertz CT molecular complexity index is 854. The molecule has 1 aliphatic heterocycles. The standard InChI is InChI=1S/C23H25FN2O/c1-26(15-17-3-4-17)12-2-11-23(20-6-8-21(24)9-7-20)22-10-5-18(14-25)13-19(22)16-27-23/h5-10,13,17H,2-4,11-12,15-16H2,1H3. The van der Waals surface area contributed by atoms with Crippen LogP contribution < -0.4 is 0 Å². The SMILES string of the molecule is CN(CCCC1(c2ccc(F)cc2)OCc2cc(C#N)ccc21)CC1CC1. The molecule has 0 amide bonds. The Morgan fingerprint density at radius 3 is 2.70 bits per heavy atom. The molecule has 2 aliphatic rings. The molecule has 1 heterocycles. The third kappa shape index (κ3) is 3.76. The molecule has 2 aromatic carbocycles. The van der Waals surface area contributed by atoms with E-state index in [1.165, 1.54) is 31.5 Å². The minimum Gasteiger partial charge on any atom is -0.361 e. The maximum atomic E-state index is 13.5. The van der Waals surface area contributed by atoms with Gasteiger partial charge in [-0.15, -0.1) is 0 Å². The summed E-state index contributed by atoms with van der Waals surface area (Å²) in [6.45, 7) is 2.68. The zero-order valence-corrected chi connectivity index (χ0v) is 15.7. The van der Waals surface area contributed by atoms with Crippen molar-refractivity contribution in [2.75, 3.05) is 20.1 Å². The molecule has 1 saturated carbocycles. The average Bonchev–Trinajstić information content (AvgIpc) is 3.41. The van der Waals surface area contributed by atoms with Crippen molar-refractivity contribution in [3.63, 3.8) is 0 Å². The molecule has 4 heteroatoms. The molecule has 0 spiro atoms. The highest BCUT2D eigenvalue weighted by Gasteiger charge is 2.41. The first-order valence-electron chi connectivity index (χ1n) is 9.73. The van der Waals surface area contributed by atoms with Crippen molar-refractivity contribution >= 4 is 0 Å². The first-order chi connectivity index (χ1) is 13.1. The molecule has 3 nitrogen and oxygen atoms in total. The van der Waals surface area contributed by atoms with Crippen LogP contribution in [0.25, 0.3) is 0 Å². The molecule has 0 bridgehead atoms. The second-order valence-electron chi connectivity index (χ2n) is 7.92. The average molecular weight is 364 g/mol. The maximum Gasteiger partial charge on any atom is 0.123 e. The second-order valence-corrected chi connectivity index (χ2v) is 7.92. The van der Waals surface area contributed by atoms with Gasteiger partial charge in [-0.1, -0.05) is 18.2 Å². The predicted molar refractivity (Wildman–Crippen MR) is 103 cm³/mol. The highest BCUT2D eigenvalue weighted by molar-refractivity contribution is 5.47. The van der Waals surface area contributed by atoms with Gasteiger partial charge in [-0.25, -0.2) is 4.39 Å². The summed E-state index contributed by atoms with van der Waals surface area (Å²) in [4.78, 5) is 2.41. The lowest BCUT2D eigenvalue weighted by molar-refractivity contribution is -0.0143. The molecule has 0 saturated heterocycles. The summed E-state index contributed by atoms with van der Waals surface area (Å²) in [6, 6.07) is 14.6. The molecule has 4 rings (SSSR count). The van der Waals surface area contributed by atoms with Crippen molar-refractivity contribution in [3.05, 3.63) is 70.5 Å². The molecule has 0 aromatic heterocycles. The van der Waals surface area contributed by atoms with Crippen LogP contribution >= 0.6 is 0 Å². The minimum atomic E-state index is -0.558. The van der Waals surface area contributed by atoms with E-state index in [-0.39, 0.29) is 5.82 Å². The third-order valence-corrected chi connectivity index (χ3v) is 5.79. The number of ether oxygens (including phenoxy) is 1. The Hall–Kier alpha value is -2.22. The van der Waals surface area contributed by atoms with Crippen LogP contribution in [0.4, 0.5) is 4.39 Å². The number of hydrogen-bond acceptors (Lipinski definition) is 3. The topological polar surface area (TPSA) is 36.3 Å². The lowest BCUT2D eigenvalue weighted by Crippen LogP contribution is -2.30. The van der Waals surface area contributed by atoms with Crippen LogP contribution in [-0.4, -0.2) is 25.0 Å². The van der Waals surface area contributed by atoms with Crippen LogP contribution in [0.15, 0.2) is 42.5 Å². The largest absolute Gasteiger partial charge is 0.361 e. The molecule has 1 fully saturated rings. The normalized spacial score (nSPS) is 21.3. The summed E-state index contributed by atoms with van der Waals surface area (Å²) in [7, 11) is 2.19. The summed E-state index contributed by atoms with van der Waals surface area (Å²) in [6.07, 6.45) is 4.57. The van der Waals surface area contributed by atoms with E-state index < -0.39 is 5.60 Å². The minimum absolute atomic E-state index is 0.240. The van der Waals surface area contributed by atoms with Crippen LogP contribution in [0.1, 0.15) is 47.9 Å². The molecule has 140 valence electrons. The Morgan fingerprint density at radius 2 is 2.00 bits per heavy atom. The highest BCUT2D eigenvalue weighted by Crippen LogP contribution is 2.45. The van der Waals surface area contributed by atoms with E-state index in [0.717, 1.165) is 42.0 Å². The highest BCUT2D eigenvalue weighted by atomic mass is 19.1. The second kappa shape index (κ2) is 7.42. The van der Waals surface area contributed by atoms with Gasteiger partial charge < -0.3 is 9.64 Å². The summed E-state index contributed by atoms with van der Waals surface area (Å²) < 4.78 is 19.9.